The van der Waals surface area contributed by atoms with Gasteiger partial charge in [0.05, 0.1) is 12.6 Å². The maximum Gasteiger partial charge on any atom is 0.162 e. The molecule has 1 heterocycles. The van der Waals surface area contributed by atoms with Crippen LogP contribution in [-0.4, -0.2) is 12.1 Å². The highest BCUT2D eigenvalue weighted by Gasteiger charge is 2.10. The molecule has 0 bridgehead atoms. The predicted molar refractivity (Wildman–Crippen MR) is 88.4 cm³/mol. The van der Waals surface area contributed by atoms with Crippen molar-refractivity contribution in [2.24, 2.45) is 0 Å². The second kappa shape index (κ2) is 6.48. The summed E-state index contributed by atoms with van der Waals surface area (Å²) < 4.78 is 11.4. The Morgan fingerprint density at radius 2 is 1.82 bits per heavy atom. The molecule has 3 rings (SSSR count). The Bertz CT molecular complexity index is 769. The van der Waals surface area contributed by atoms with Crippen LogP contribution in [0.3, 0.4) is 0 Å². The molecule has 0 spiro atoms. The molecular formula is C19H19NO2. The molecule has 0 aliphatic rings. The first-order valence-electron chi connectivity index (χ1n) is 7.44. The molecular weight excluding hydrogens is 274 g/mol. The van der Waals surface area contributed by atoms with Crippen LogP contribution in [0.5, 0.6) is 11.5 Å². The summed E-state index contributed by atoms with van der Waals surface area (Å²) >= 11 is 0. The van der Waals surface area contributed by atoms with Crippen LogP contribution in [0, 0.1) is 0 Å². The van der Waals surface area contributed by atoms with Crippen molar-refractivity contribution in [3.8, 4) is 11.5 Å². The summed E-state index contributed by atoms with van der Waals surface area (Å²) in [6.45, 7) is 2.66. The highest BCUT2D eigenvalue weighted by Crippen LogP contribution is 2.33. The number of fused-ring (bicyclic) bond motifs is 1. The number of hydrogen-bond acceptors (Lipinski definition) is 3. The summed E-state index contributed by atoms with van der Waals surface area (Å²) in [5.41, 5.74) is 3.33. The van der Waals surface area contributed by atoms with Crippen molar-refractivity contribution in [3.05, 3.63) is 65.9 Å². The second-order valence-corrected chi connectivity index (χ2v) is 5.12. The molecule has 1 aromatic heterocycles. The van der Waals surface area contributed by atoms with Crippen LogP contribution in [0.25, 0.3) is 10.9 Å². The largest absolute Gasteiger partial charge is 0.493 e. The van der Waals surface area contributed by atoms with Crippen molar-refractivity contribution < 1.29 is 9.47 Å². The second-order valence-electron chi connectivity index (χ2n) is 5.12. The summed E-state index contributed by atoms with van der Waals surface area (Å²) in [6, 6.07) is 16.1. The van der Waals surface area contributed by atoms with Crippen LogP contribution in [0.4, 0.5) is 0 Å². The minimum absolute atomic E-state index is 0.518. The molecule has 0 unspecified atom stereocenters. The molecule has 0 aliphatic heterocycles. The number of aromatic nitrogens is 1. The molecule has 3 nitrogen and oxygen atoms in total. The van der Waals surface area contributed by atoms with E-state index >= 15 is 0 Å². The van der Waals surface area contributed by atoms with E-state index < -0.39 is 0 Å². The summed E-state index contributed by atoms with van der Waals surface area (Å²) in [5.74, 6) is 1.46. The van der Waals surface area contributed by atoms with Crippen LogP contribution in [-0.2, 0) is 13.0 Å². The number of benzene rings is 2. The molecule has 0 amide bonds. The summed E-state index contributed by atoms with van der Waals surface area (Å²) in [5, 5.41) is 1.12. The van der Waals surface area contributed by atoms with Gasteiger partial charge in [0, 0.05) is 17.6 Å². The molecule has 3 heteroatoms. The first kappa shape index (κ1) is 14.4. The van der Waals surface area contributed by atoms with Crippen LogP contribution in [0.1, 0.15) is 18.1 Å². The average molecular weight is 293 g/mol. The number of pyridine rings is 1. The Hall–Kier alpha value is -2.55. The Kier molecular flexibility index (Phi) is 4.24. The molecule has 0 aliphatic carbocycles. The number of methoxy groups -OCH3 is 1. The third-order valence-electron chi connectivity index (χ3n) is 3.74. The Morgan fingerprint density at radius 3 is 2.55 bits per heavy atom. The van der Waals surface area contributed by atoms with Crippen LogP contribution < -0.4 is 9.47 Å². The van der Waals surface area contributed by atoms with E-state index in [0.29, 0.717) is 12.4 Å². The Balaban J connectivity index is 1.96. The zero-order valence-corrected chi connectivity index (χ0v) is 12.9. The monoisotopic (exact) mass is 293 g/mol. The lowest BCUT2D eigenvalue weighted by Gasteiger charge is -2.13. The topological polar surface area (TPSA) is 31.4 Å². The van der Waals surface area contributed by atoms with E-state index in [-0.39, 0.29) is 0 Å². The summed E-state index contributed by atoms with van der Waals surface area (Å²) in [6.07, 6.45) is 2.80. The van der Waals surface area contributed by atoms with Gasteiger partial charge in [0.15, 0.2) is 11.5 Å². The average Bonchev–Trinajstić information content (AvgIpc) is 2.59. The molecule has 22 heavy (non-hydrogen) atoms. The lowest BCUT2D eigenvalue weighted by atomic mass is 10.1. The van der Waals surface area contributed by atoms with Gasteiger partial charge < -0.3 is 9.47 Å². The minimum atomic E-state index is 0.518. The molecule has 0 atom stereocenters. The molecule has 112 valence electrons. The smallest absolute Gasteiger partial charge is 0.162 e. The van der Waals surface area contributed by atoms with Crippen LogP contribution in [0.15, 0.2) is 54.7 Å². The van der Waals surface area contributed by atoms with Gasteiger partial charge in [-0.15, -0.1) is 0 Å². The van der Waals surface area contributed by atoms with Gasteiger partial charge in [-0.1, -0.05) is 37.3 Å². The molecule has 0 radical (unpaired) electrons. The lowest BCUT2D eigenvalue weighted by molar-refractivity contribution is 0.285. The number of rotatable bonds is 5. The third kappa shape index (κ3) is 2.89. The summed E-state index contributed by atoms with van der Waals surface area (Å²) in [4.78, 5) is 4.42. The first-order chi connectivity index (χ1) is 10.8. The number of ether oxygens (including phenoxy) is 2. The Labute approximate surface area is 130 Å². The van der Waals surface area contributed by atoms with Crippen molar-refractivity contribution in [3.63, 3.8) is 0 Å². The SMILES string of the molecule is CCc1ccnc2cc(OC)c(OCc3ccccc3)cc12. The number of hydrogen-bond donors (Lipinski definition) is 0. The predicted octanol–water partition coefficient (Wildman–Crippen LogP) is 4.38. The van der Waals surface area contributed by atoms with Gasteiger partial charge in [-0.25, -0.2) is 0 Å². The third-order valence-corrected chi connectivity index (χ3v) is 3.74. The first-order valence-corrected chi connectivity index (χ1v) is 7.44. The van der Waals surface area contributed by atoms with Gasteiger partial charge in [-0.3, -0.25) is 4.98 Å². The van der Waals surface area contributed by atoms with E-state index in [0.717, 1.165) is 28.6 Å². The maximum atomic E-state index is 5.97. The van der Waals surface area contributed by atoms with Crippen molar-refractivity contribution in [1.29, 1.82) is 0 Å². The van der Waals surface area contributed by atoms with E-state index in [1.807, 2.05) is 48.7 Å². The van der Waals surface area contributed by atoms with Crippen molar-refractivity contribution in [2.45, 2.75) is 20.0 Å². The van der Waals surface area contributed by atoms with E-state index in [1.165, 1.54) is 5.56 Å². The van der Waals surface area contributed by atoms with Crippen LogP contribution >= 0.6 is 0 Å². The van der Waals surface area contributed by atoms with Gasteiger partial charge in [0.2, 0.25) is 0 Å². The molecule has 0 fully saturated rings. The zero-order valence-electron chi connectivity index (χ0n) is 12.9. The van der Waals surface area contributed by atoms with Gasteiger partial charge in [-0.2, -0.15) is 0 Å². The van der Waals surface area contributed by atoms with Gasteiger partial charge >= 0.3 is 0 Å². The minimum Gasteiger partial charge on any atom is -0.493 e. The standard InChI is InChI=1S/C19H19NO2/c1-3-15-9-10-20-17-12-18(21-2)19(11-16(15)17)22-13-14-7-5-4-6-8-14/h4-12H,3,13H2,1-2H3. The van der Waals surface area contributed by atoms with Gasteiger partial charge in [-0.05, 0) is 29.7 Å². The zero-order chi connectivity index (χ0) is 15.4. The highest BCUT2D eigenvalue weighted by molar-refractivity contribution is 5.85. The quantitative estimate of drug-likeness (QED) is 0.699. The lowest BCUT2D eigenvalue weighted by Crippen LogP contribution is -1.98. The van der Waals surface area contributed by atoms with E-state index in [9.17, 15) is 0 Å². The van der Waals surface area contributed by atoms with Crippen molar-refractivity contribution in [2.75, 3.05) is 7.11 Å². The molecule has 2 aromatic carbocycles. The summed E-state index contributed by atoms with van der Waals surface area (Å²) in [7, 11) is 1.65. The number of aryl methyl sites for hydroxylation is 1. The van der Waals surface area contributed by atoms with Crippen molar-refractivity contribution >= 4 is 10.9 Å². The Morgan fingerprint density at radius 1 is 1.00 bits per heavy atom. The maximum absolute atomic E-state index is 5.97. The fraction of sp³-hybridized carbons (Fsp3) is 0.211. The fourth-order valence-electron chi connectivity index (χ4n) is 2.53. The molecule has 0 N–H and O–H groups in total. The van der Waals surface area contributed by atoms with Crippen LogP contribution in [0.2, 0.25) is 0 Å². The van der Waals surface area contributed by atoms with Gasteiger partial charge in [0.25, 0.3) is 0 Å². The van der Waals surface area contributed by atoms with E-state index in [4.69, 9.17) is 9.47 Å². The normalized spacial score (nSPS) is 10.6. The molecule has 3 aromatic rings. The fourth-order valence-corrected chi connectivity index (χ4v) is 2.53. The highest BCUT2D eigenvalue weighted by atomic mass is 16.5. The van der Waals surface area contributed by atoms with Crippen molar-refractivity contribution in [1.82, 2.24) is 4.98 Å². The number of nitrogens with zero attached hydrogens (tertiary/aromatic N) is 1. The van der Waals surface area contributed by atoms with E-state index in [2.05, 4.69) is 18.0 Å². The molecule has 0 saturated heterocycles. The van der Waals surface area contributed by atoms with Gasteiger partial charge in [0.1, 0.15) is 6.61 Å². The molecule has 0 saturated carbocycles. The van der Waals surface area contributed by atoms with E-state index in [1.54, 1.807) is 7.11 Å².